The number of nitrogen functional groups attached to an aromatic ring is 1. The van der Waals surface area contributed by atoms with Crippen LogP contribution in [0, 0.1) is 0 Å². The largest absolute Gasteiger partial charge is 0.398 e. The predicted molar refractivity (Wildman–Crippen MR) is 78.7 cm³/mol. The van der Waals surface area contributed by atoms with Crippen LogP contribution in [0.4, 0.5) is 5.69 Å². The van der Waals surface area contributed by atoms with Crippen LogP contribution >= 0.6 is 27.5 Å². The Bertz CT molecular complexity index is 736. The molecule has 0 saturated carbocycles. The Morgan fingerprint density at radius 3 is 2.83 bits per heavy atom. The number of para-hydroxylation sites is 1. The second-order valence-electron chi connectivity index (χ2n) is 3.95. The number of nitrogens with one attached hydrogen (secondary N) is 1. The van der Waals surface area contributed by atoms with E-state index in [0.29, 0.717) is 10.7 Å². The first-order valence-corrected chi connectivity index (χ1v) is 6.52. The first-order chi connectivity index (χ1) is 8.65. The summed E-state index contributed by atoms with van der Waals surface area (Å²) >= 11 is 9.53. The van der Waals surface area contributed by atoms with E-state index in [-0.39, 0.29) is 0 Å². The van der Waals surface area contributed by atoms with Gasteiger partial charge in [0.2, 0.25) is 0 Å². The highest BCUT2D eigenvalue weighted by atomic mass is 79.9. The molecule has 0 fully saturated rings. The third-order valence-electron chi connectivity index (χ3n) is 2.73. The van der Waals surface area contributed by atoms with E-state index in [1.165, 1.54) is 0 Å². The molecular formula is C13H9BrClN3. The van der Waals surface area contributed by atoms with Gasteiger partial charge in [0, 0.05) is 15.7 Å². The highest BCUT2D eigenvalue weighted by Gasteiger charge is 2.10. The van der Waals surface area contributed by atoms with Crippen molar-refractivity contribution in [2.75, 3.05) is 5.73 Å². The van der Waals surface area contributed by atoms with Crippen molar-refractivity contribution in [1.29, 1.82) is 0 Å². The summed E-state index contributed by atoms with van der Waals surface area (Å²) in [7, 11) is 0. The van der Waals surface area contributed by atoms with Gasteiger partial charge in [0.15, 0.2) is 0 Å². The fraction of sp³-hybridized carbons (Fsp3) is 0. The average Bonchev–Trinajstić information content (AvgIpc) is 2.77. The first-order valence-electron chi connectivity index (χ1n) is 5.35. The predicted octanol–water partition coefficient (Wildman–Crippen LogP) is 4.23. The molecule has 5 heteroatoms. The number of aromatic nitrogens is 2. The summed E-state index contributed by atoms with van der Waals surface area (Å²) in [6.45, 7) is 0. The highest BCUT2D eigenvalue weighted by molar-refractivity contribution is 9.10. The Hall–Kier alpha value is -1.52. The van der Waals surface area contributed by atoms with E-state index in [1.807, 2.05) is 36.4 Å². The molecule has 0 amide bonds. The first kappa shape index (κ1) is 11.6. The van der Waals surface area contributed by atoms with E-state index in [0.717, 1.165) is 26.9 Å². The van der Waals surface area contributed by atoms with Crippen LogP contribution in [0.3, 0.4) is 0 Å². The lowest BCUT2D eigenvalue weighted by Gasteiger charge is -2.02. The molecule has 1 aromatic heterocycles. The minimum absolute atomic E-state index is 0.628. The molecule has 1 heterocycles. The van der Waals surface area contributed by atoms with Gasteiger partial charge in [-0.05, 0) is 30.3 Å². The molecule has 0 atom stereocenters. The second kappa shape index (κ2) is 4.30. The van der Waals surface area contributed by atoms with Crippen molar-refractivity contribution in [2.45, 2.75) is 0 Å². The number of nitrogens with zero attached hydrogens (tertiary/aromatic N) is 1. The zero-order valence-corrected chi connectivity index (χ0v) is 11.6. The maximum absolute atomic E-state index is 6.11. The third kappa shape index (κ3) is 1.87. The standard InChI is InChI=1S/C13H9BrClN3/c14-7-4-5-10(16)8(6-7)13-17-11-3-1-2-9(15)12(11)18-13/h1-6H,16H2,(H,17,18). The number of halogens is 2. The van der Waals surface area contributed by atoms with Crippen LogP contribution in [0.5, 0.6) is 0 Å². The minimum Gasteiger partial charge on any atom is -0.398 e. The van der Waals surface area contributed by atoms with Crippen LogP contribution in [-0.2, 0) is 0 Å². The van der Waals surface area contributed by atoms with Crippen molar-refractivity contribution in [3.63, 3.8) is 0 Å². The minimum atomic E-state index is 0.628. The molecule has 0 aliphatic carbocycles. The number of aromatic amines is 1. The lowest BCUT2D eigenvalue weighted by molar-refractivity contribution is 1.33. The number of imidazole rings is 1. The van der Waals surface area contributed by atoms with E-state index in [9.17, 15) is 0 Å². The normalized spacial score (nSPS) is 11.0. The van der Waals surface area contributed by atoms with Gasteiger partial charge in [0.1, 0.15) is 11.3 Å². The van der Waals surface area contributed by atoms with Gasteiger partial charge in [-0.2, -0.15) is 0 Å². The fourth-order valence-electron chi connectivity index (χ4n) is 1.86. The van der Waals surface area contributed by atoms with Crippen molar-refractivity contribution in [3.8, 4) is 11.4 Å². The summed E-state index contributed by atoms with van der Waals surface area (Å²) in [6, 6.07) is 11.3. The summed E-state index contributed by atoms with van der Waals surface area (Å²) in [5.74, 6) is 0.719. The molecule has 3 N–H and O–H groups in total. The molecular weight excluding hydrogens is 314 g/mol. The molecule has 0 radical (unpaired) electrons. The third-order valence-corrected chi connectivity index (χ3v) is 3.53. The number of benzene rings is 2. The molecule has 0 aliphatic rings. The maximum atomic E-state index is 6.11. The van der Waals surface area contributed by atoms with Gasteiger partial charge >= 0.3 is 0 Å². The molecule has 18 heavy (non-hydrogen) atoms. The van der Waals surface area contributed by atoms with Gasteiger partial charge in [-0.1, -0.05) is 33.6 Å². The summed E-state index contributed by atoms with van der Waals surface area (Å²) in [5, 5.41) is 0.628. The van der Waals surface area contributed by atoms with Gasteiger partial charge < -0.3 is 10.7 Å². The smallest absolute Gasteiger partial charge is 0.140 e. The van der Waals surface area contributed by atoms with Crippen molar-refractivity contribution in [3.05, 3.63) is 45.9 Å². The average molecular weight is 323 g/mol. The Morgan fingerprint density at radius 2 is 2.06 bits per heavy atom. The Morgan fingerprint density at radius 1 is 1.22 bits per heavy atom. The van der Waals surface area contributed by atoms with Crippen LogP contribution < -0.4 is 5.73 Å². The summed E-state index contributed by atoms with van der Waals surface area (Å²) in [6.07, 6.45) is 0. The Balaban J connectivity index is 2.26. The van der Waals surface area contributed by atoms with E-state index in [1.54, 1.807) is 0 Å². The SMILES string of the molecule is Nc1ccc(Br)cc1-c1nc2c(Cl)cccc2[nH]1. The number of H-pyrrole nitrogens is 1. The monoisotopic (exact) mass is 321 g/mol. The molecule has 3 rings (SSSR count). The van der Waals surface area contributed by atoms with E-state index >= 15 is 0 Å². The number of rotatable bonds is 1. The van der Waals surface area contributed by atoms with E-state index < -0.39 is 0 Å². The zero-order valence-electron chi connectivity index (χ0n) is 9.24. The number of nitrogens with two attached hydrogens (primary N) is 1. The van der Waals surface area contributed by atoms with E-state index in [2.05, 4.69) is 25.9 Å². The van der Waals surface area contributed by atoms with Crippen molar-refractivity contribution in [2.24, 2.45) is 0 Å². The van der Waals surface area contributed by atoms with E-state index in [4.69, 9.17) is 17.3 Å². The Kier molecular flexibility index (Phi) is 2.76. The topological polar surface area (TPSA) is 54.7 Å². The molecule has 0 bridgehead atoms. The molecule has 0 unspecified atom stereocenters. The number of hydrogen-bond donors (Lipinski definition) is 2. The van der Waals surface area contributed by atoms with Crippen LogP contribution in [0.25, 0.3) is 22.4 Å². The van der Waals surface area contributed by atoms with Gasteiger partial charge in [0.05, 0.1) is 10.5 Å². The molecule has 0 spiro atoms. The molecule has 3 aromatic rings. The lowest BCUT2D eigenvalue weighted by Crippen LogP contribution is -1.91. The molecule has 3 nitrogen and oxygen atoms in total. The molecule has 2 aromatic carbocycles. The van der Waals surface area contributed by atoms with Crippen molar-refractivity contribution < 1.29 is 0 Å². The van der Waals surface area contributed by atoms with Crippen LogP contribution in [0.15, 0.2) is 40.9 Å². The summed E-state index contributed by atoms with van der Waals surface area (Å²) in [4.78, 5) is 7.72. The fourth-order valence-corrected chi connectivity index (χ4v) is 2.44. The number of anilines is 1. The molecule has 0 saturated heterocycles. The molecule has 90 valence electrons. The van der Waals surface area contributed by atoms with Gasteiger partial charge in [0.25, 0.3) is 0 Å². The van der Waals surface area contributed by atoms with Crippen LogP contribution in [0.2, 0.25) is 5.02 Å². The quantitative estimate of drug-likeness (QED) is 0.659. The lowest BCUT2D eigenvalue weighted by atomic mass is 10.2. The van der Waals surface area contributed by atoms with Crippen molar-refractivity contribution >= 4 is 44.3 Å². The van der Waals surface area contributed by atoms with Gasteiger partial charge in [-0.25, -0.2) is 4.98 Å². The molecule has 0 aliphatic heterocycles. The highest BCUT2D eigenvalue weighted by Crippen LogP contribution is 2.30. The van der Waals surface area contributed by atoms with Gasteiger partial charge in [-0.3, -0.25) is 0 Å². The number of fused-ring (bicyclic) bond motifs is 1. The summed E-state index contributed by atoms with van der Waals surface area (Å²) in [5.41, 5.74) is 9.16. The van der Waals surface area contributed by atoms with Gasteiger partial charge in [-0.15, -0.1) is 0 Å². The maximum Gasteiger partial charge on any atom is 0.140 e. The van der Waals surface area contributed by atoms with Crippen molar-refractivity contribution in [1.82, 2.24) is 9.97 Å². The zero-order chi connectivity index (χ0) is 12.7. The second-order valence-corrected chi connectivity index (χ2v) is 5.28. The Labute approximate surface area is 117 Å². The van der Waals surface area contributed by atoms with Crippen LogP contribution in [-0.4, -0.2) is 9.97 Å². The number of hydrogen-bond acceptors (Lipinski definition) is 2. The van der Waals surface area contributed by atoms with Crippen LogP contribution in [0.1, 0.15) is 0 Å². The summed E-state index contributed by atoms with van der Waals surface area (Å²) < 4.78 is 0.957.